The van der Waals surface area contributed by atoms with Crippen LogP contribution in [-0.4, -0.2) is 44.0 Å². The van der Waals surface area contributed by atoms with Crippen molar-refractivity contribution in [1.29, 1.82) is 0 Å². The number of thioether (sulfide) groups is 1. The van der Waals surface area contributed by atoms with Crippen LogP contribution in [0.2, 0.25) is 0 Å². The van der Waals surface area contributed by atoms with E-state index in [0.29, 0.717) is 26.7 Å². The molecule has 2 aromatic heterocycles. The highest BCUT2D eigenvalue weighted by Crippen LogP contribution is 2.28. The molecule has 1 unspecified atom stereocenters. The Hall–Kier alpha value is -2.92. The van der Waals surface area contributed by atoms with Crippen molar-refractivity contribution in [2.75, 3.05) is 17.7 Å². The number of nitrogens with zero attached hydrogens (tertiary/aromatic N) is 4. The summed E-state index contributed by atoms with van der Waals surface area (Å²) in [5, 5.41) is 12.1. The van der Waals surface area contributed by atoms with Gasteiger partial charge in [0.1, 0.15) is 10.6 Å². The molecule has 3 aromatic rings. The molecule has 0 spiro atoms. The average molecular weight is 518 g/mol. The number of ether oxygens (including phenoxy) is 2. The SMILES string of the molecule is CCOC(=O)c1sc(NC(=O)CSc2nnc(C(C)Oc3ccc(C(C)(C)C)cc3)n2C)nc1C. The third kappa shape index (κ3) is 6.82. The lowest BCUT2D eigenvalue weighted by Gasteiger charge is -2.20. The van der Waals surface area contributed by atoms with Gasteiger partial charge in [-0.2, -0.15) is 0 Å². The van der Waals surface area contributed by atoms with Gasteiger partial charge in [-0.1, -0.05) is 56.0 Å². The fourth-order valence-corrected chi connectivity index (χ4v) is 4.81. The van der Waals surface area contributed by atoms with Crippen molar-refractivity contribution in [1.82, 2.24) is 19.7 Å². The molecule has 188 valence electrons. The molecule has 35 heavy (non-hydrogen) atoms. The van der Waals surface area contributed by atoms with Gasteiger partial charge >= 0.3 is 5.97 Å². The number of aromatic nitrogens is 4. The summed E-state index contributed by atoms with van der Waals surface area (Å²) in [7, 11) is 1.84. The van der Waals surface area contributed by atoms with Crippen LogP contribution < -0.4 is 10.1 Å². The first-order valence-corrected chi connectivity index (χ1v) is 13.0. The number of aryl methyl sites for hydroxylation is 1. The van der Waals surface area contributed by atoms with Crippen LogP contribution in [0.1, 0.15) is 67.5 Å². The van der Waals surface area contributed by atoms with E-state index in [0.717, 1.165) is 17.1 Å². The number of amides is 1. The topological polar surface area (TPSA) is 108 Å². The largest absolute Gasteiger partial charge is 0.483 e. The van der Waals surface area contributed by atoms with Crippen molar-refractivity contribution in [2.45, 2.75) is 58.2 Å². The monoisotopic (exact) mass is 517 g/mol. The second-order valence-corrected chi connectivity index (χ2v) is 10.9. The fraction of sp³-hybridized carbons (Fsp3) is 0.458. The normalized spacial score (nSPS) is 12.3. The Labute approximate surface area is 213 Å². The number of nitrogens with one attached hydrogen (secondary N) is 1. The lowest BCUT2D eigenvalue weighted by molar-refractivity contribution is -0.113. The number of benzene rings is 1. The molecule has 1 amide bonds. The molecule has 0 aliphatic rings. The molecule has 0 radical (unpaired) electrons. The van der Waals surface area contributed by atoms with E-state index in [1.165, 1.54) is 17.3 Å². The molecule has 0 bridgehead atoms. The summed E-state index contributed by atoms with van der Waals surface area (Å²) in [5.74, 6) is 0.825. The van der Waals surface area contributed by atoms with Gasteiger partial charge in [0.2, 0.25) is 5.91 Å². The lowest BCUT2D eigenvalue weighted by Crippen LogP contribution is -2.14. The molecule has 3 rings (SSSR count). The number of rotatable bonds is 9. The number of carbonyl (C=O) groups excluding carboxylic acids is 2. The molecule has 1 aromatic carbocycles. The Kier molecular flexibility index (Phi) is 8.55. The highest BCUT2D eigenvalue weighted by molar-refractivity contribution is 7.99. The number of carbonyl (C=O) groups is 2. The van der Waals surface area contributed by atoms with E-state index in [-0.39, 0.29) is 29.8 Å². The van der Waals surface area contributed by atoms with E-state index < -0.39 is 5.97 Å². The molecule has 9 nitrogen and oxygen atoms in total. The predicted molar refractivity (Wildman–Crippen MR) is 137 cm³/mol. The van der Waals surface area contributed by atoms with Crippen molar-refractivity contribution in [3.8, 4) is 5.75 Å². The molecule has 0 saturated heterocycles. The number of esters is 1. The van der Waals surface area contributed by atoms with E-state index in [1.54, 1.807) is 13.8 Å². The summed E-state index contributed by atoms with van der Waals surface area (Å²) in [5.41, 5.74) is 1.84. The Balaban J connectivity index is 1.57. The van der Waals surface area contributed by atoms with Crippen LogP contribution in [0.15, 0.2) is 29.4 Å². The van der Waals surface area contributed by atoms with Crippen molar-refractivity contribution < 1.29 is 19.1 Å². The van der Waals surface area contributed by atoms with Crippen molar-refractivity contribution >= 4 is 40.1 Å². The summed E-state index contributed by atoms with van der Waals surface area (Å²) >= 11 is 2.35. The maximum atomic E-state index is 12.4. The fourth-order valence-electron chi connectivity index (χ4n) is 3.22. The standard InChI is InChI=1S/C24H31N5O4S2/c1-8-32-21(31)19-14(2)25-22(35-19)26-18(30)13-34-23-28-27-20(29(23)7)15(3)33-17-11-9-16(10-12-17)24(4,5)6/h9-12,15H,8,13H2,1-7H3,(H,25,26,30). The zero-order chi connectivity index (χ0) is 25.8. The Morgan fingerprint density at radius 3 is 2.51 bits per heavy atom. The zero-order valence-electron chi connectivity index (χ0n) is 21.0. The summed E-state index contributed by atoms with van der Waals surface area (Å²) in [4.78, 5) is 29.0. The van der Waals surface area contributed by atoms with Crippen LogP contribution in [0, 0.1) is 6.92 Å². The van der Waals surface area contributed by atoms with E-state index in [1.807, 2.05) is 30.7 Å². The van der Waals surface area contributed by atoms with Gasteiger partial charge in [0.25, 0.3) is 0 Å². The van der Waals surface area contributed by atoms with Crippen LogP contribution in [0.5, 0.6) is 5.75 Å². The highest BCUT2D eigenvalue weighted by atomic mass is 32.2. The maximum absolute atomic E-state index is 12.4. The van der Waals surface area contributed by atoms with E-state index in [2.05, 4.69) is 53.4 Å². The summed E-state index contributed by atoms with van der Waals surface area (Å²) in [6, 6.07) is 8.05. The molecule has 0 aliphatic carbocycles. The minimum atomic E-state index is -0.439. The predicted octanol–water partition coefficient (Wildman–Crippen LogP) is 4.93. The first-order valence-electron chi connectivity index (χ1n) is 11.2. The molecule has 1 atom stereocenters. The Morgan fingerprint density at radius 1 is 1.20 bits per heavy atom. The number of hydrogen-bond donors (Lipinski definition) is 1. The van der Waals surface area contributed by atoms with Gasteiger partial charge in [0.05, 0.1) is 18.1 Å². The minimum Gasteiger partial charge on any atom is -0.483 e. The second-order valence-electron chi connectivity index (χ2n) is 8.93. The van der Waals surface area contributed by atoms with Crippen LogP contribution in [0.4, 0.5) is 5.13 Å². The van der Waals surface area contributed by atoms with Gasteiger partial charge in [-0.3, -0.25) is 4.79 Å². The van der Waals surface area contributed by atoms with Gasteiger partial charge in [0, 0.05) is 7.05 Å². The molecule has 11 heteroatoms. The van der Waals surface area contributed by atoms with Crippen molar-refractivity contribution in [3.63, 3.8) is 0 Å². The third-order valence-corrected chi connectivity index (χ3v) is 7.17. The van der Waals surface area contributed by atoms with Gasteiger partial charge in [0.15, 0.2) is 22.2 Å². The van der Waals surface area contributed by atoms with Gasteiger partial charge in [-0.15, -0.1) is 10.2 Å². The minimum absolute atomic E-state index is 0.0771. The van der Waals surface area contributed by atoms with Gasteiger partial charge in [-0.05, 0) is 43.9 Å². The first kappa shape index (κ1) is 26.7. The smallest absolute Gasteiger partial charge is 0.350 e. The number of hydrogen-bond acceptors (Lipinski definition) is 9. The third-order valence-electron chi connectivity index (χ3n) is 5.10. The van der Waals surface area contributed by atoms with Gasteiger partial charge in [-0.25, -0.2) is 9.78 Å². The van der Waals surface area contributed by atoms with E-state index >= 15 is 0 Å². The summed E-state index contributed by atoms with van der Waals surface area (Å²) in [6.07, 6.45) is -0.323. The highest BCUT2D eigenvalue weighted by Gasteiger charge is 2.20. The quantitative estimate of drug-likeness (QED) is 0.315. The Bertz CT molecular complexity index is 1180. The molecular formula is C24H31N5O4S2. The van der Waals surface area contributed by atoms with Crippen molar-refractivity contribution in [2.24, 2.45) is 7.05 Å². The van der Waals surface area contributed by atoms with Crippen LogP contribution in [-0.2, 0) is 22.0 Å². The number of anilines is 1. The zero-order valence-corrected chi connectivity index (χ0v) is 22.7. The van der Waals surface area contributed by atoms with Crippen LogP contribution in [0.25, 0.3) is 0 Å². The van der Waals surface area contributed by atoms with Gasteiger partial charge < -0.3 is 19.4 Å². The molecule has 0 saturated carbocycles. The summed E-state index contributed by atoms with van der Waals surface area (Å²) < 4.78 is 12.9. The second kappa shape index (κ2) is 11.2. The molecular weight excluding hydrogens is 486 g/mol. The molecule has 1 N–H and O–H groups in total. The maximum Gasteiger partial charge on any atom is 0.350 e. The average Bonchev–Trinajstić information content (AvgIpc) is 3.34. The van der Waals surface area contributed by atoms with Crippen LogP contribution in [0.3, 0.4) is 0 Å². The lowest BCUT2D eigenvalue weighted by atomic mass is 9.87. The van der Waals surface area contributed by atoms with Crippen LogP contribution >= 0.6 is 23.1 Å². The van der Waals surface area contributed by atoms with E-state index in [4.69, 9.17) is 9.47 Å². The van der Waals surface area contributed by atoms with Crippen molar-refractivity contribution in [3.05, 3.63) is 46.2 Å². The first-order chi connectivity index (χ1) is 16.5. The van der Waals surface area contributed by atoms with E-state index in [9.17, 15) is 9.59 Å². The number of thiazole rings is 1. The molecule has 0 fully saturated rings. The molecule has 2 heterocycles. The Morgan fingerprint density at radius 2 is 1.89 bits per heavy atom. The summed E-state index contributed by atoms with van der Waals surface area (Å²) in [6.45, 7) is 12.1. The molecule has 0 aliphatic heterocycles.